The molecule has 2 rings (SSSR count). The number of hydrogen-bond acceptors (Lipinski definition) is 2. The fourth-order valence-electron chi connectivity index (χ4n) is 1.73. The summed E-state index contributed by atoms with van der Waals surface area (Å²) in [5.74, 6) is 1.55. The predicted molar refractivity (Wildman–Crippen MR) is 73.4 cm³/mol. The summed E-state index contributed by atoms with van der Waals surface area (Å²) >= 11 is 5.97. The van der Waals surface area contributed by atoms with Crippen LogP contribution in [0.3, 0.4) is 0 Å². The minimum atomic E-state index is 0.0428. The lowest BCUT2D eigenvalue weighted by Gasteiger charge is -2.10. The van der Waals surface area contributed by atoms with Crippen molar-refractivity contribution >= 4 is 11.6 Å². The topological polar surface area (TPSA) is 29.5 Å². The van der Waals surface area contributed by atoms with Gasteiger partial charge in [-0.2, -0.15) is 0 Å². The quantitative estimate of drug-likeness (QED) is 0.896. The number of aliphatic hydroxyl groups excluding tert-OH is 1. The van der Waals surface area contributed by atoms with Crippen molar-refractivity contribution in [1.29, 1.82) is 0 Å². The van der Waals surface area contributed by atoms with Crippen molar-refractivity contribution in [2.24, 2.45) is 0 Å². The largest absolute Gasteiger partial charge is 0.457 e. The molecule has 0 aliphatic heterocycles. The molecule has 2 nitrogen and oxygen atoms in total. The zero-order valence-corrected chi connectivity index (χ0v) is 11.2. The first kappa shape index (κ1) is 12.9. The Morgan fingerprint density at radius 2 is 1.83 bits per heavy atom. The van der Waals surface area contributed by atoms with Crippen LogP contribution in [-0.4, -0.2) is 5.11 Å². The highest BCUT2D eigenvalue weighted by Gasteiger charge is 2.04. The standard InChI is InChI=1S/C15H15ClO2/c1-10-8-13(4-5-14(10)16)18-15-6-3-12(9-17)7-11(15)2/h3-8,17H,9H2,1-2H3. The molecule has 0 aliphatic rings. The lowest BCUT2D eigenvalue weighted by atomic mass is 10.1. The molecule has 3 heteroatoms. The van der Waals surface area contributed by atoms with Gasteiger partial charge < -0.3 is 9.84 Å². The van der Waals surface area contributed by atoms with Crippen LogP contribution < -0.4 is 4.74 Å². The highest BCUT2D eigenvalue weighted by Crippen LogP contribution is 2.28. The molecule has 0 fully saturated rings. The van der Waals surface area contributed by atoms with Crippen molar-refractivity contribution in [3.8, 4) is 11.5 Å². The Hall–Kier alpha value is -1.51. The molecule has 0 atom stereocenters. The van der Waals surface area contributed by atoms with Crippen molar-refractivity contribution in [2.75, 3.05) is 0 Å². The molecule has 2 aromatic rings. The van der Waals surface area contributed by atoms with Gasteiger partial charge >= 0.3 is 0 Å². The summed E-state index contributed by atoms with van der Waals surface area (Å²) in [6.07, 6.45) is 0. The highest BCUT2D eigenvalue weighted by atomic mass is 35.5. The second-order valence-electron chi connectivity index (χ2n) is 4.27. The summed E-state index contributed by atoms with van der Waals surface area (Å²) in [6.45, 7) is 3.94. The summed E-state index contributed by atoms with van der Waals surface area (Å²) in [5, 5.41) is 9.79. The van der Waals surface area contributed by atoms with Crippen LogP contribution in [0.2, 0.25) is 5.02 Å². The minimum Gasteiger partial charge on any atom is -0.457 e. The van der Waals surface area contributed by atoms with Crippen LogP contribution in [0.4, 0.5) is 0 Å². The van der Waals surface area contributed by atoms with Crippen LogP contribution in [0, 0.1) is 13.8 Å². The Morgan fingerprint density at radius 3 is 2.44 bits per heavy atom. The van der Waals surface area contributed by atoms with Crippen LogP contribution >= 0.6 is 11.6 Å². The van der Waals surface area contributed by atoms with E-state index in [2.05, 4.69) is 0 Å². The number of halogens is 1. The van der Waals surface area contributed by atoms with E-state index in [4.69, 9.17) is 21.4 Å². The zero-order chi connectivity index (χ0) is 13.1. The third-order valence-electron chi connectivity index (χ3n) is 2.78. The summed E-state index contributed by atoms with van der Waals surface area (Å²) < 4.78 is 5.80. The van der Waals surface area contributed by atoms with E-state index < -0.39 is 0 Å². The van der Waals surface area contributed by atoms with Gasteiger partial charge in [-0.15, -0.1) is 0 Å². The van der Waals surface area contributed by atoms with Gasteiger partial charge in [-0.1, -0.05) is 23.7 Å². The van der Waals surface area contributed by atoms with E-state index in [1.165, 1.54) is 0 Å². The van der Waals surface area contributed by atoms with E-state index in [1.807, 2.05) is 50.2 Å². The van der Waals surface area contributed by atoms with E-state index in [1.54, 1.807) is 0 Å². The van der Waals surface area contributed by atoms with Gasteiger partial charge in [0.15, 0.2) is 0 Å². The first-order chi connectivity index (χ1) is 8.60. The van der Waals surface area contributed by atoms with Crippen molar-refractivity contribution in [3.05, 3.63) is 58.1 Å². The van der Waals surface area contributed by atoms with Gasteiger partial charge in [0.05, 0.1) is 6.61 Å². The normalized spacial score (nSPS) is 10.4. The average Bonchev–Trinajstić information content (AvgIpc) is 2.36. The number of ether oxygens (including phenoxy) is 1. The molecule has 0 heterocycles. The predicted octanol–water partition coefficient (Wildman–Crippen LogP) is 4.24. The molecule has 0 radical (unpaired) electrons. The maximum Gasteiger partial charge on any atom is 0.130 e. The first-order valence-electron chi connectivity index (χ1n) is 5.74. The van der Waals surface area contributed by atoms with Gasteiger partial charge in [0, 0.05) is 5.02 Å². The number of rotatable bonds is 3. The molecule has 0 aliphatic carbocycles. The Balaban J connectivity index is 2.25. The Labute approximate surface area is 112 Å². The maximum atomic E-state index is 9.05. The second kappa shape index (κ2) is 5.42. The molecule has 0 saturated carbocycles. The third kappa shape index (κ3) is 2.84. The molecule has 0 bridgehead atoms. The van der Waals surface area contributed by atoms with Crippen LogP contribution in [0.5, 0.6) is 11.5 Å². The zero-order valence-electron chi connectivity index (χ0n) is 10.4. The molecule has 94 valence electrons. The fourth-order valence-corrected chi connectivity index (χ4v) is 1.85. The first-order valence-corrected chi connectivity index (χ1v) is 6.12. The van der Waals surface area contributed by atoms with Crippen molar-refractivity contribution in [1.82, 2.24) is 0 Å². The Kier molecular flexibility index (Phi) is 3.90. The van der Waals surface area contributed by atoms with E-state index in [0.29, 0.717) is 0 Å². The smallest absolute Gasteiger partial charge is 0.130 e. The molecule has 2 aromatic carbocycles. The molecule has 18 heavy (non-hydrogen) atoms. The van der Waals surface area contributed by atoms with E-state index in [0.717, 1.165) is 33.2 Å². The van der Waals surface area contributed by atoms with Crippen molar-refractivity contribution in [3.63, 3.8) is 0 Å². The molecule has 0 amide bonds. The van der Waals surface area contributed by atoms with Crippen molar-refractivity contribution < 1.29 is 9.84 Å². The van der Waals surface area contributed by atoms with Gasteiger partial charge in [-0.3, -0.25) is 0 Å². The van der Waals surface area contributed by atoms with Crippen LogP contribution in [0.1, 0.15) is 16.7 Å². The second-order valence-corrected chi connectivity index (χ2v) is 4.68. The van der Waals surface area contributed by atoms with Gasteiger partial charge in [-0.25, -0.2) is 0 Å². The van der Waals surface area contributed by atoms with Gasteiger partial charge in [-0.05, 0) is 54.8 Å². The van der Waals surface area contributed by atoms with Gasteiger partial charge in [0.25, 0.3) is 0 Å². The fraction of sp³-hybridized carbons (Fsp3) is 0.200. The molecular weight excluding hydrogens is 248 g/mol. The van der Waals surface area contributed by atoms with Crippen molar-refractivity contribution in [2.45, 2.75) is 20.5 Å². The molecule has 0 spiro atoms. The number of benzene rings is 2. The van der Waals surface area contributed by atoms with E-state index in [-0.39, 0.29) is 6.61 Å². The molecule has 1 N–H and O–H groups in total. The summed E-state index contributed by atoms with van der Waals surface area (Å²) in [6, 6.07) is 11.2. The molecule has 0 saturated heterocycles. The highest BCUT2D eigenvalue weighted by molar-refractivity contribution is 6.31. The van der Waals surface area contributed by atoms with Crippen LogP contribution in [0.25, 0.3) is 0 Å². The maximum absolute atomic E-state index is 9.05. The van der Waals surface area contributed by atoms with Crippen LogP contribution in [0.15, 0.2) is 36.4 Å². The Bertz CT molecular complexity index is 564. The van der Waals surface area contributed by atoms with E-state index in [9.17, 15) is 0 Å². The minimum absolute atomic E-state index is 0.0428. The molecule has 0 unspecified atom stereocenters. The van der Waals surface area contributed by atoms with Gasteiger partial charge in [0.2, 0.25) is 0 Å². The SMILES string of the molecule is Cc1cc(Oc2ccc(CO)cc2C)ccc1Cl. The third-order valence-corrected chi connectivity index (χ3v) is 3.20. The van der Waals surface area contributed by atoms with E-state index >= 15 is 0 Å². The molecule has 0 aromatic heterocycles. The van der Waals surface area contributed by atoms with Crippen LogP contribution in [-0.2, 0) is 6.61 Å². The summed E-state index contributed by atoms with van der Waals surface area (Å²) in [5.41, 5.74) is 2.86. The van der Waals surface area contributed by atoms with Gasteiger partial charge in [0.1, 0.15) is 11.5 Å². The number of aliphatic hydroxyl groups is 1. The number of hydrogen-bond donors (Lipinski definition) is 1. The lowest BCUT2D eigenvalue weighted by molar-refractivity contribution is 0.281. The number of aryl methyl sites for hydroxylation is 2. The summed E-state index contributed by atoms with van der Waals surface area (Å²) in [7, 11) is 0. The molecular formula is C15H15ClO2. The monoisotopic (exact) mass is 262 g/mol. The Morgan fingerprint density at radius 1 is 1.06 bits per heavy atom. The average molecular weight is 263 g/mol. The summed E-state index contributed by atoms with van der Waals surface area (Å²) in [4.78, 5) is 0. The lowest BCUT2D eigenvalue weighted by Crippen LogP contribution is -1.91.